The molecule has 1 heterocycles. The maximum absolute atomic E-state index is 12.7. The third-order valence-corrected chi connectivity index (χ3v) is 5.33. The number of benzene rings is 2. The maximum atomic E-state index is 12.7. The van der Waals surface area contributed by atoms with E-state index in [1.807, 2.05) is 35.2 Å². The predicted molar refractivity (Wildman–Crippen MR) is 113 cm³/mol. The molecule has 0 bridgehead atoms. The van der Waals surface area contributed by atoms with E-state index in [-0.39, 0.29) is 24.4 Å². The lowest BCUT2D eigenvalue weighted by molar-refractivity contribution is -0.124. The minimum atomic E-state index is -0.341. The number of carbonyl (C=O) groups is 2. The molecule has 2 aromatic carbocycles. The largest absolute Gasteiger partial charge is 0.355 e. The normalized spacial score (nSPS) is 16.7. The summed E-state index contributed by atoms with van der Waals surface area (Å²) in [5.74, 6) is -0.223. The van der Waals surface area contributed by atoms with Crippen molar-refractivity contribution in [3.63, 3.8) is 0 Å². The maximum Gasteiger partial charge on any atom is 0.241 e. The zero-order valence-corrected chi connectivity index (χ0v) is 17.0. The van der Waals surface area contributed by atoms with Crippen LogP contribution in [-0.2, 0) is 16.0 Å². The topological polar surface area (TPSA) is 61.4 Å². The van der Waals surface area contributed by atoms with Gasteiger partial charge in [-0.05, 0) is 49.6 Å². The average Bonchev–Trinajstić information content (AvgIpc) is 3.13. The molecule has 0 aromatic heterocycles. The van der Waals surface area contributed by atoms with Crippen molar-refractivity contribution in [2.24, 2.45) is 0 Å². The first-order valence-corrected chi connectivity index (χ1v) is 10.1. The van der Waals surface area contributed by atoms with Gasteiger partial charge in [-0.2, -0.15) is 0 Å². The third-order valence-electron chi connectivity index (χ3n) is 4.78. The van der Waals surface area contributed by atoms with Crippen molar-refractivity contribution in [3.8, 4) is 0 Å². The van der Waals surface area contributed by atoms with E-state index < -0.39 is 0 Å². The van der Waals surface area contributed by atoms with Crippen molar-refractivity contribution in [2.75, 3.05) is 25.0 Å². The molecule has 5 nitrogen and oxygen atoms in total. The van der Waals surface area contributed by atoms with Gasteiger partial charge in [0, 0.05) is 11.6 Å². The third kappa shape index (κ3) is 5.71. The van der Waals surface area contributed by atoms with Crippen molar-refractivity contribution in [3.05, 3.63) is 64.1 Å². The summed E-state index contributed by atoms with van der Waals surface area (Å²) in [6.45, 7) is 1.51. The van der Waals surface area contributed by atoms with E-state index >= 15 is 0 Å². The van der Waals surface area contributed by atoms with Crippen LogP contribution in [-0.4, -0.2) is 42.4 Å². The number of hydrogen-bond acceptors (Lipinski definition) is 3. The van der Waals surface area contributed by atoms with Crippen LogP contribution < -0.4 is 10.6 Å². The molecule has 2 aromatic rings. The SMILES string of the molecule is O=C(CN1CCC[C@@H]1C(=O)Nc1ccc(Cl)cc1Cl)NCCc1ccccc1. The Morgan fingerprint density at radius 3 is 2.64 bits per heavy atom. The zero-order valence-electron chi connectivity index (χ0n) is 15.5. The molecule has 1 saturated heterocycles. The van der Waals surface area contributed by atoms with Crippen LogP contribution in [0, 0.1) is 0 Å². The number of nitrogens with zero attached hydrogens (tertiary/aromatic N) is 1. The molecule has 148 valence electrons. The van der Waals surface area contributed by atoms with Crippen LogP contribution in [0.1, 0.15) is 18.4 Å². The molecule has 1 fully saturated rings. The first kappa shape index (κ1) is 20.6. The van der Waals surface area contributed by atoms with Crippen LogP contribution in [0.25, 0.3) is 0 Å². The Hall–Kier alpha value is -2.08. The smallest absolute Gasteiger partial charge is 0.241 e. The molecule has 2 amide bonds. The van der Waals surface area contributed by atoms with Gasteiger partial charge >= 0.3 is 0 Å². The molecule has 2 N–H and O–H groups in total. The van der Waals surface area contributed by atoms with E-state index in [4.69, 9.17) is 23.2 Å². The monoisotopic (exact) mass is 419 g/mol. The summed E-state index contributed by atoms with van der Waals surface area (Å²) in [4.78, 5) is 26.9. The molecule has 7 heteroatoms. The molecular formula is C21H23Cl2N3O2. The summed E-state index contributed by atoms with van der Waals surface area (Å²) in [7, 11) is 0. The lowest BCUT2D eigenvalue weighted by atomic mass is 10.1. The van der Waals surface area contributed by atoms with Gasteiger partial charge in [0.25, 0.3) is 0 Å². The molecule has 0 saturated carbocycles. The molecule has 0 radical (unpaired) electrons. The van der Waals surface area contributed by atoms with Crippen LogP contribution in [0.5, 0.6) is 0 Å². The van der Waals surface area contributed by atoms with Gasteiger partial charge in [-0.15, -0.1) is 0 Å². The molecule has 28 heavy (non-hydrogen) atoms. The van der Waals surface area contributed by atoms with Crippen LogP contribution in [0.3, 0.4) is 0 Å². The number of rotatable bonds is 7. The number of halogens is 2. The van der Waals surface area contributed by atoms with Gasteiger partial charge in [-0.25, -0.2) is 0 Å². The van der Waals surface area contributed by atoms with Crippen molar-refractivity contribution in [1.82, 2.24) is 10.2 Å². The Kier molecular flexibility index (Phi) is 7.31. The second-order valence-electron chi connectivity index (χ2n) is 6.83. The summed E-state index contributed by atoms with van der Waals surface area (Å²) in [6.07, 6.45) is 2.38. The van der Waals surface area contributed by atoms with Gasteiger partial charge < -0.3 is 10.6 Å². The predicted octanol–water partition coefficient (Wildman–Crippen LogP) is 3.76. The summed E-state index contributed by atoms with van der Waals surface area (Å²) < 4.78 is 0. The van der Waals surface area contributed by atoms with Gasteiger partial charge in [0.15, 0.2) is 0 Å². The molecule has 1 atom stereocenters. The van der Waals surface area contributed by atoms with Crippen LogP contribution in [0.2, 0.25) is 10.0 Å². The number of nitrogens with one attached hydrogen (secondary N) is 2. The number of anilines is 1. The fourth-order valence-electron chi connectivity index (χ4n) is 3.35. The minimum Gasteiger partial charge on any atom is -0.355 e. The first-order chi connectivity index (χ1) is 13.5. The van der Waals surface area contributed by atoms with Crippen LogP contribution in [0.15, 0.2) is 48.5 Å². The Balaban J connectivity index is 1.49. The Morgan fingerprint density at radius 2 is 1.89 bits per heavy atom. The Labute approximate surface area is 175 Å². The van der Waals surface area contributed by atoms with E-state index in [1.165, 1.54) is 5.56 Å². The molecule has 0 aliphatic carbocycles. The molecule has 0 spiro atoms. The van der Waals surface area contributed by atoms with Gasteiger partial charge in [0.2, 0.25) is 11.8 Å². The van der Waals surface area contributed by atoms with Crippen LogP contribution >= 0.6 is 23.2 Å². The Morgan fingerprint density at radius 1 is 1.11 bits per heavy atom. The molecule has 3 rings (SSSR count). The van der Waals surface area contributed by atoms with Crippen molar-refractivity contribution < 1.29 is 9.59 Å². The zero-order chi connectivity index (χ0) is 19.9. The minimum absolute atomic E-state index is 0.0693. The van der Waals surface area contributed by atoms with Gasteiger partial charge in [-0.1, -0.05) is 53.5 Å². The van der Waals surface area contributed by atoms with E-state index in [1.54, 1.807) is 18.2 Å². The van der Waals surface area contributed by atoms with E-state index in [0.29, 0.717) is 28.7 Å². The lowest BCUT2D eigenvalue weighted by Gasteiger charge is -2.23. The second kappa shape index (κ2) is 9.92. The van der Waals surface area contributed by atoms with Gasteiger partial charge in [-0.3, -0.25) is 14.5 Å². The summed E-state index contributed by atoms with van der Waals surface area (Å²) in [6, 6.07) is 14.6. The number of hydrogen-bond donors (Lipinski definition) is 2. The highest BCUT2D eigenvalue weighted by Crippen LogP contribution is 2.26. The van der Waals surface area contributed by atoms with E-state index in [2.05, 4.69) is 10.6 Å². The van der Waals surface area contributed by atoms with Gasteiger partial charge in [0.05, 0.1) is 23.3 Å². The first-order valence-electron chi connectivity index (χ1n) is 9.33. The fraction of sp³-hybridized carbons (Fsp3) is 0.333. The quantitative estimate of drug-likeness (QED) is 0.717. The number of carbonyl (C=O) groups excluding carboxylic acids is 2. The van der Waals surface area contributed by atoms with Crippen molar-refractivity contribution in [1.29, 1.82) is 0 Å². The highest BCUT2D eigenvalue weighted by atomic mass is 35.5. The van der Waals surface area contributed by atoms with Gasteiger partial charge in [0.1, 0.15) is 0 Å². The summed E-state index contributed by atoms with van der Waals surface area (Å²) in [5, 5.41) is 6.68. The molecule has 1 aliphatic heterocycles. The Bertz CT molecular complexity index is 830. The average molecular weight is 420 g/mol. The highest BCUT2D eigenvalue weighted by Gasteiger charge is 2.32. The van der Waals surface area contributed by atoms with E-state index in [9.17, 15) is 9.59 Å². The standard InChI is InChI=1S/C21H23Cl2N3O2/c22-16-8-9-18(17(23)13-16)25-21(28)19-7-4-12-26(19)14-20(27)24-11-10-15-5-2-1-3-6-15/h1-3,5-6,8-9,13,19H,4,7,10-12,14H2,(H,24,27)(H,25,28)/t19-/m1/s1. The summed E-state index contributed by atoms with van der Waals surface area (Å²) in [5.41, 5.74) is 1.70. The van der Waals surface area contributed by atoms with Crippen molar-refractivity contribution in [2.45, 2.75) is 25.3 Å². The van der Waals surface area contributed by atoms with Crippen LogP contribution in [0.4, 0.5) is 5.69 Å². The molecule has 0 unspecified atom stereocenters. The van der Waals surface area contributed by atoms with Crippen molar-refractivity contribution >= 4 is 40.7 Å². The summed E-state index contributed by atoms with van der Waals surface area (Å²) >= 11 is 12.0. The second-order valence-corrected chi connectivity index (χ2v) is 7.67. The lowest BCUT2D eigenvalue weighted by Crippen LogP contribution is -2.45. The number of amides is 2. The molecule has 1 aliphatic rings. The van der Waals surface area contributed by atoms with E-state index in [0.717, 1.165) is 19.4 Å². The number of likely N-dealkylation sites (tertiary alicyclic amines) is 1. The fourth-order valence-corrected chi connectivity index (χ4v) is 3.81. The molecular weight excluding hydrogens is 397 g/mol. The highest BCUT2D eigenvalue weighted by molar-refractivity contribution is 6.36.